The molecule has 3 rings (SSSR count). The van der Waals surface area contributed by atoms with Gasteiger partial charge in [0, 0.05) is 10.9 Å². The number of alkyl halides is 1. The minimum absolute atomic E-state index is 0.0540. The topological polar surface area (TPSA) is 68.2 Å². The fourth-order valence-corrected chi connectivity index (χ4v) is 3.73. The van der Waals surface area contributed by atoms with E-state index in [0.29, 0.717) is 28.9 Å². The van der Waals surface area contributed by atoms with E-state index >= 15 is 0 Å². The summed E-state index contributed by atoms with van der Waals surface area (Å²) in [5, 5.41) is 7.10. The number of nitrogens with two attached hydrogens (primary N) is 1. The smallest absolute Gasteiger partial charge is 0.243 e. The molecule has 0 aromatic carbocycles. The fourth-order valence-electron chi connectivity index (χ4n) is 2.36. The van der Waals surface area contributed by atoms with Crippen LogP contribution in [0.4, 0.5) is 14.6 Å². The summed E-state index contributed by atoms with van der Waals surface area (Å²) < 4.78 is 28.7. The van der Waals surface area contributed by atoms with Crippen molar-refractivity contribution in [1.29, 1.82) is 0 Å². The van der Waals surface area contributed by atoms with E-state index in [2.05, 4.69) is 31.3 Å². The molecule has 0 saturated carbocycles. The third-order valence-corrected chi connectivity index (χ3v) is 5.60. The average Bonchev–Trinajstić information content (AvgIpc) is 3.10. The van der Waals surface area contributed by atoms with Crippen LogP contribution in [-0.2, 0) is 13.0 Å². The van der Waals surface area contributed by atoms with Gasteiger partial charge in [-0.1, -0.05) is 0 Å². The Labute approximate surface area is 160 Å². The highest BCUT2D eigenvalue weighted by atomic mass is 79.9. The highest BCUT2D eigenvalue weighted by Crippen LogP contribution is 2.28. The van der Waals surface area contributed by atoms with Crippen LogP contribution in [0.15, 0.2) is 22.8 Å². The van der Waals surface area contributed by atoms with Crippen LogP contribution in [0.5, 0.6) is 0 Å². The van der Waals surface area contributed by atoms with E-state index in [1.54, 1.807) is 10.6 Å². The SMILES string of the molecule is CC(F)[C@H](N)Cc1cc2c(NCc3ccc(F)s3)nc(Cl)nn2c1Br. The number of hydrogen-bond donors (Lipinski definition) is 2. The first-order valence-electron chi connectivity index (χ1n) is 7.46. The van der Waals surface area contributed by atoms with E-state index < -0.39 is 12.2 Å². The number of halogens is 4. The summed E-state index contributed by atoms with van der Waals surface area (Å²) in [5.41, 5.74) is 7.30. The van der Waals surface area contributed by atoms with Crippen LogP contribution in [0.2, 0.25) is 5.28 Å². The highest BCUT2D eigenvalue weighted by Gasteiger charge is 2.19. The highest BCUT2D eigenvalue weighted by molar-refractivity contribution is 9.10. The van der Waals surface area contributed by atoms with Crippen LogP contribution in [-0.4, -0.2) is 26.8 Å². The molecule has 0 aliphatic heterocycles. The minimum atomic E-state index is -1.13. The van der Waals surface area contributed by atoms with Crippen molar-refractivity contribution in [1.82, 2.24) is 14.6 Å². The molecular weight excluding hydrogens is 436 g/mol. The van der Waals surface area contributed by atoms with Crippen molar-refractivity contribution in [3.8, 4) is 0 Å². The number of anilines is 1. The minimum Gasteiger partial charge on any atom is -0.363 e. The number of nitrogens with zero attached hydrogens (tertiary/aromatic N) is 3. The Bertz CT molecular complexity index is 898. The van der Waals surface area contributed by atoms with Crippen molar-refractivity contribution < 1.29 is 8.78 Å². The number of fused-ring (bicyclic) bond motifs is 1. The Morgan fingerprint density at radius 3 is 2.88 bits per heavy atom. The lowest BCUT2D eigenvalue weighted by Gasteiger charge is -2.11. The van der Waals surface area contributed by atoms with Gasteiger partial charge in [-0.15, -0.1) is 16.4 Å². The lowest BCUT2D eigenvalue weighted by atomic mass is 10.1. The van der Waals surface area contributed by atoms with Gasteiger partial charge >= 0.3 is 0 Å². The Hall–Kier alpha value is -1.29. The third kappa shape index (κ3) is 4.11. The van der Waals surface area contributed by atoms with E-state index in [-0.39, 0.29) is 10.4 Å². The molecule has 10 heteroatoms. The predicted molar refractivity (Wildman–Crippen MR) is 99.6 cm³/mol. The van der Waals surface area contributed by atoms with Crippen LogP contribution in [0.3, 0.4) is 0 Å². The molecule has 3 aromatic heterocycles. The summed E-state index contributed by atoms with van der Waals surface area (Å²) >= 11 is 10.5. The van der Waals surface area contributed by atoms with Crippen LogP contribution in [0.25, 0.3) is 5.52 Å². The summed E-state index contributed by atoms with van der Waals surface area (Å²) in [6.45, 7) is 1.83. The summed E-state index contributed by atoms with van der Waals surface area (Å²) in [7, 11) is 0. The quantitative estimate of drug-likeness (QED) is 0.591. The van der Waals surface area contributed by atoms with Crippen molar-refractivity contribution in [2.75, 3.05) is 5.32 Å². The van der Waals surface area contributed by atoms with Gasteiger partial charge in [0.2, 0.25) is 5.28 Å². The Balaban J connectivity index is 1.92. The van der Waals surface area contributed by atoms with E-state index in [0.717, 1.165) is 21.8 Å². The van der Waals surface area contributed by atoms with Crippen molar-refractivity contribution >= 4 is 50.2 Å². The number of aromatic nitrogens is 3. The zero-order valence-electron chi connectivity index (χ0n) is 13.1. The second kappa shape index (κ2) is 7.53. The first-order valence-corrected chi connectivity index (χ1v) is 9.45. The second-order valence-corrected chi connectivity index (χ2v) is 7.80. The Morgan fingerprint density at radius 2 is 2.24 bits per heavy atom. The summed E-state index contributed by atoms with van der Waals surface area (Å²) in [6, 6.07) is 4.33. The Kier molecular flexibility index (Phi) is 5.57. The zero-order valence-corrected chi connectivity index (χ0v) is 16.3. The molecule has 0 bridgehead atoms. The van der Waals surface area contributed by atoms with Crippen molar-refractivity contribution in [2.45, 2.75) is 32.1 Å². The largest absolute Gasteiger partial charge is 0.363 e. The molecule has 0 spiro atoms. The monoisotopic (exact) mass is 449 g/mol. The number of hydrogen-bond acceptors (Lipinski definition) is 5. The van der Waals surface area contributed by atoms with Crippen LogP contribution < -0.4 is 11.1 Å². The van der Waals surface area contributed by atoms with Gasteiger partial charge in [0.25, 0.3) is 0 Å². The maximum Gasteiger partial charge on any atom is 0.243 e. The molecular formula is C15H15BrClF2N5S. The molecule has 2 atom stereocenters. The molecule has 25 heavy (non-hydrogen) atoms. The second-order valence-electron chi connectivity index (χ2n) is 5.59. The molecule has 3 heterocycles. The molecule has 0 saturated heterocycles. The summed E-state index contributed by atoms with van der Waals surface area (Å²) in [5.74, 6) is 0.502. The van der Waals surface area contributed by atoms with Gasteiger partial charge in [0.1, 0.15) is 16.3 Å². The molecule has 0 aliphatic carbocycles. The average molecular weight is 451 g/mol. The van der Waals surface area contributed by atoms with Crippen LogP contribution in [0, 0.1) is 5.13 Å². The summed E-state index contributed by atoms with van der Waals surface area (Å²) in [6.07, 6.45) is -0.787. The lowest BCUT2D eigenvalue weighted by molar-refractivity contribution is 0.304. The Morgan fingerprint density at radius 1 is 1.48 bits per heavy atom. The van der Waals surface area contributed by atoms with Gasteiger partial charge in [-0.25, -0.2) is 8.91 Å². The number of thiophene rings is 1. The zero-order chi connectivity index (χ0) is 18.1. The fraction of sp³-hybridized carbons (Fsp3) is 0.333. The maximum atomic E-state index is 13.4. The molecule has 134 valence electrons. The first kappa shape index (κ1) is 18.5. The predicted octanol–water partition coefficient (Wildman–Crippen LogP) is 4.19. The lowest BCUT2D eigenvalue weighted by Crippen LogP contribution is -2.31. The van der Waals surface area contributed by atoms with Crippen molar-refractivity contribution in [3.05, 3.63) is 43.7 Å². The summed E-state index contributed by atoms with van der Waals surface area (Å²) in [4.78, 5) is 5.02. The van der Waals surface area contributed by atoms with Gasteiger partial charge < -0.3 is 11.1 Å². The first-order chi connectivity index (χ1) is 11.8. The van der Waals surface area contributed by atoms with Crippen LogP contribution in [0.1, 0.15) is 17.4 Å². The number of nitrogens with one attached hydrogen (secondary N) is 1. The van der Waals surface area contributed by atoms with E-state index in [4.69, 9.17) is 17.3 Å². The normalized spacial score (nSPS) is 14.0. The van der Waals surface area contributed by atoms with Crippen LogP contribution >= 0.6 is 38.9 Å². The molecule has 3 N–H and O–H groups in total. The molecule has 0 aliphatic rings. The van der Waals surface area contributed by atoms with E-state index in [1.165, 1.54) is 13.0 Å². The molecule has 1 unspecified atom stereocenters. The molecule has 0 fully saturated rings. The number of rotatable bonds is 6. The van der Waals surface area contributed by atoms with E-state index in [9.17, 15) is 8.78 Å². The van der Waals surface area contributed by atoms with Crippen molar-refractivity contribution in [3.63, 3.8) is 0 Å². The third-order valence-electron chi connectivity index (χ3n) is 3.72. The molecule has 3 aromatic rings. The molecule has 0 amide bonds. The van der Waals surface area contributed by atoms with Gasteiger partial charge in [0.05, 0.1) is 6.54 Å². The van der Waals surface area contributed by atoms with Crippen molar-refractivity contribution in [2.24, 2.45) is 5.73 Å². The maximum absolute atomic E-state index is 13.4. The molecule has 5 nitrogen and oxygen atoms in total. The van der Waals surface area contributed by atoms with Gasteiger partial charge in [0.15, 0.2) is 10.9 Å². The standard InChI is InChI=1S/C15H15BrClF2N5S/c1-7(18)10(20)4-8-5-11-14(21-6-9-2-3-12(19)25-9)22-15(17)23-24(11)13(8)16/h2-3,5,7,10H,4,6,20H2,1H3,(H,21,22,23)/t7?,10-/m1/s1. The molecule has 0 radical (unpaired) electrons. The van der Waals surface area contributed by atoms with E-state index in [1.807, 2.05) is 6.07 Å². The van der Waals surface area contributed by atoms with Gasteiger partial charge in [-0.2, -0.15) is 9.37 Å². The van der Waals surface area contributed by atoms with Gasteiger partial charge in [-0.3, -0.25) is 0 Å². The van der Waals surface area contributed by atoms with Gasteiger partial charge in [-0.05, 0) is 64.6 Å².